The van der Waals surface area contributed by atoms with E-state index in [9.17, 15) is 9.59 Å². The van der Waals surface area contributed by atoms with E-state index in [0.717, 1.165) is 10.0 Å². The first-order chi connectivity index (χ1) is 7.49. The summed E-state index contributed by atoms with van der Waals surface area (Å²) >= 11 is 3.35. The summed E-state index contributed by atoms with van der Waals surface area (Å²) in [5.41, 5.74) is 1.01. The normalized spacial score (nSPS) is 11.9. The topological polar surface area (TPSA) is 46.2 Å². The monoisotopic (exact) mass is 283 g/mol. The second-order valence-electron chi connectivity index (χ2n) is 3.72. The average Bonchev–Trinajstić information content (AvgIpc) is 2.16. The van der Waals surface area contributed by atoms with Gasteiger partial charge in [0.2, 0.25) is 5.91 Å². The van der Waals surface area contributed by atoms with Crippen LogP contribution in [-0.4, -0.2) is 11.7 Å². The molecule has 1 rings (SSSR count). The highest BCUT2D eigenvalue weighted by molar-refractivity contribution is 9.10. The van der Waals surface area contributed by atoms with Crippen molar-refractivity contribution in [2.24, 2.45) is 0 Å². The summed E-state index contributed by atoms with van der Waals surface area (Å²) in [4.78, 5) is 22.1. The molecule has 0 heterocycles. The van der Waals surface area contributed by atoms with Crippen molar-refractivity contribution < 1.29 is 9.59 Å². The first kappa shape index (κ1) is 12.9. The molecule has 0 spiro atoms. The van der Waals surface area contributed by atoms with Crippen molar-refractivity contribution in [3.05, 3.63) is 34.3 Å². The molecule has 1 atom stereocenters. The van der Waals surface area contributed by atoms with Crippen molar-refractivity contribution in [3.63, 3.8) is 0 Å². The standard InChI is InChI=1S/C12H14BrNO2/c1-8(15)7-12(16)14-9(2)10-3-5-11(13)6-4-10/h3-6,9H,7H2,1-2H3,(H,14,16)/t9-/m0/s1. The fraction of sp³-hybridized carbons (Fsp3) is 0.333. The molecule has 4 heteroatoms. The molecule has 16 heavy (non-hydrogen) atoms. The van der Waals surface area contributed by atoms with E-state index in [1.165, 1.54) is 6.92 Å². The maximum absolute atomic E-state index is 11.4. The number of hydrogen-bond donors (Lipinski definition) is 1. The van der Waals surface area contributed by atoms with Gasteiger partial charge in [0.1, 0.15) is 5.78 Å². The Labute approximate surface area is 103 Å². The summed E-state index contributed by atoms with van der Waals surface area (Å²) in [5, 5.41) is 2.77. The fourth-order valence-electron chi connectivity index (χ4n) is 1.35. The minimum atomic E-state index is -0.233. The zero-order valence-electron chi connectivity index (χ0n) is 9.29. The molecule has 0 unspecified atom stereocenters. The number of amides is 1. The highest BCUT2D eigenvalue weighted by Crippen LogP contribution is 2.16. The minimum Gasteiger partial charge on any atom is -0.349 e. The molecular weight excluding hydrogens is 270 g/mol. The molecule has 3 nitrogen and oxygen atoms in total. The van der Waals surface area contributed by atoms with Gasteiger partial charge in [-0.1, -0.05) is 28.1 Å². The maximum Gasteiger partial charge on any atom is 0.227 e. The summed E-state index contributed by atoms with van der Waals surface area (Å²) in [5.74, 6) is -0.358. The van der Waals surface area contributed by atoms with Crippen molar-refractivity contribution >= 4 is 27.6 Å². The Balaban J connectivity index is 2.58. The number of nitrogens with one attached hydrogen (secondary N) is 1. The second kappa shape index (κ2) is 5.80. The van der Waals surface area contributed by atoms with Gasteiger partial charge in [0, 0.05) is 4.47 Å². The summed E-state index contributed by atoms with van der Waals surface area (Å²) in [6.07, 6.45) is -0.0547. The van der Waals surface area contributed by atoms with Gasteiger partial charge in [-0.05, 0) is 31.5 Å². The lowest BCUT2D eigenvalue weighted by atomic mass is 10.1. The molecule has 0 aliphatic heterocycles. The molecule has 0 aliphatic rings. The van der Waals surface area contributed by atoms with Crippen LogP contribution in [0.25, 0.3) is 0 Å². The van der Waals surface area contributed by atoms with Gasteiger partial charge in [-0.25, -0.2) is 0 Å². The highest BCUT2D eigenvalue weighted by Gasteiger charge is 2.10. The van der Waals surface area contributed by atoms with Crippen LogP contribution in [-0.2, 0) is 9.59 Å². The first-order valence-electron chi connectivity index (χ1n) is 5.03. The zero-order valence-corrected chi connectivity index (χ0v) is 10.9. The van der Waals surface area contributed by atoms with Crippen LogP contribution >= 0.6 is 15.9 Å². The van der Waals surface area contributed by atoms with Crippen LogP contribution in [0.5, 0.6) is 0 Å². The van der Waals surface area contributed by atoms with Gasteiger partial charge >= 0.3 is 0 Å². The molecule has 1 aromatic rings. The summed E-state index contributed by atoms with van der Waals surface area (Å²) in [6.45, 7) is 3.30. The Hall–Kier alpha value is -1.16. The quantitative estimate of drug-likeness (QED) is 0.864. The fourth-order valence-corrected chi connectivity index (χ4v) is 1.62. The third-order valence-corrected chi connectivity index (χ3v) is 2.69. The second-order valence-corrected chi connectivity index (χ2v) is 4.64. The molecule has 0 aromatic heterocycles. The minimum absolute atomic E-state index is 0.0547. The number of benzene rings is 1. The molecule has 0 fully saturated rings. The van der Waals surface area contributed by atoms with E-state index in [-0.39, 0.29) is 24.2 Å². The van der Waals surface area contributed by atoms with Crippen LogP contribution in [0.15, 0.2) is 28.7 Å². The van der Waals surface area contributed by atoms with Crippen LogP contribution < -0.4 is 5.32 Å². The van der Waals surface area contributed by atoms with Gasteiger partial charge < -0.3 is 5.32 Å². The summed E-state index contributed by atoms with van der Waals surface area (Å²) in [7, 11) is 0. The molecule has 0 saturated carbocycles. The third kappa shape index (κ3) is 4.14. The van der Waals surface area contributed by atoms with Crippen molar-refractivity contribution in [1.82, 2.24) is 5.32 Å². The predicted molar refractivity (Wildman–Crippen MR) is 66.0 cm³/mol. The molecule has 0 saturated heterocycles. The van der Waals surface area contributed by atoms with Crippen molar-refractivity contribution in [2.75, 3.05) is 0 Å². The van der Waals surface area contributed by atoms with Crippen molar-refractivity contribution in [1.29, 1.82) is 0 Å². The molecular formula is C12H14BrNO2. The number of hydrogen-bond acceptors (Lipinski definition) is 2. The lowest BCUT2D eigenvalue weighted by Gasteiger charge is -2.13. The highest BCUT2D eigenvalue weighted by atomic mass is 79.9. The van der Waals surface area contributed by atoms with E-state index in [4.69, 9.17) is 0 Å². The molecule has 1 aromatic carbocycles. The number of Topliss-reactive ketones (excluding diaryl/α,β-unsaturated/α-hetero) is 1. The van der Waals surface area contributed by atoms with E-state index < -0.39 is 0 Å². The van der Waals surface area contributed by atoms with Gasteiger partial charge in [0.15, 0.2) is 0 Å². The van der Waals surface area contributed by atoms with E-state index >= 15 is 0 Å². The van der Waals surface area contributed by atoms with Gasteiger partial charge in [-0.3, -0.25) is 9.59 Å². The van der Waals surface area contributed by atoms with Gasteiger partial charge in [-0.2, -0.15) is 0 Å². The van der Waals surface area contributed by atoms with Crippen LogP contribution in [0.4, 0.5) is 0 Å². The molecule has 0 radical (unpaired) electrons. The molecule has 86 valence electrons. The molecule has 0 aliphatic carbocycles. The number of halogens is 1. The van der Waals surface area contributed by atoms with Crippen LogP contribution in [0.3, 0.4) is 0 Å². The van der Waals surface area contributed by atoms with Crippen molar-refractivity contribution in [3.8, 4) is 0 Å². The SMILES string of the molecule is CC(=O)CC(=O)N[C@@H](C)c1ccc(Br)cc1. The first-order valence-corrected chi connectivity index (χ1v) is 5.82. The molecule has 1 N–H and O–H groups in total. The smallest absolute Gasteiger partial charge is 0.227 e. The van der Waals surface area contributed by atoms with E-state index in [1.54, 1.807) is 0 Å². The Bertz CT molecular complexity index is 387. The number of carbonyl (C=O) groups is 2. The van der Waals surface area contributed by atoms with Crippen molar-refractivity contribution in [2.45, 2.75) is 26.3 Å². The Morgan fingerprint density at radius 2 is 1.88 bits per heavy atom. The van der Waals surface area contributed by atoms with E-state index in [2.05, 4.69) is 21.2 Å². The average molecular weight is 284 g/mol. The lowest BCUT2D eigenvalue weighted by Crippen LogP contribution is -2.27. The Morgan fingerprint density at radius 1 is 1.31 bits per heavy atom. The molecule has 1 amide bonds. The van der Waals surface area contributed by atoms with Crippen LogP contribution in [0.2, 0.25) is 0 Å². The Morgan fingerprint density at radius 3 is 2.38 bits per heavy atom. The lowest BCUT2D eigenvalue weighted by molar-refractivity contribution is -0.127. The van der Waals surface area contributed by atoms with Crippen LogP contribution in [0.1, 0.15) is 31.9 Å². The zero-order chi connectivity index (χ0) is 12.1. The Kier molecular flexibility index (Phi) is 4.68. The third-order valence-electron chi connectivity index (χ3n) is 2.16. The number of carbonyl (C=O) groups excluding carboxylic acids is 2. The van der Waals surface area contributed by atoms with E-state index in [1.807, 2.05) is 31.2 Å². The van der Waals surface area contributed by atoms with Crippen LogP contribution in [0, 0.1) is 0 Å². The summed E-state index contributed by atoms with van der Waals surface area (Å²) < 4.78 is 0.999. The van der Waals surface area contributed by atoms with E-state index in [0.29, 0.717) is 0 Å². The maximum atomic E-state index is 11.4. The number of rotatable bonds is 4. The largest absolute Gasteiger partial charge is 0.349 e. The van der Waals surface area contributed by atoms with Gasteiger partial charge in [0.05, 0.1) is 12.5 Å². The van der Waals surface area contributed by atoms with Gasteiger partial charge in [0.25, 0.3) is 0 Å². The van der Waals surface area contributed by atoms with Gasteiger partial charge in [-0.15, -0.1) is 0 Å². The number of ketones is 1. The summed E-state index contributed by atoms with van der Waals surface area (Å²) in [6, 6.07) is 7.62. The molecule has 0 bridgehead atoms. The predicted octanol–water partition coefficient (Wildman–Crippen LogP) is 2.61.